The molecular weight excluding hydrogens is 357 g/mol. The number of amides is 1. The first-order chi connectivity index (χ1) is 11.4. The van der Waals surface area contributed by atoms with E-state index in [1.165, 1.54) is 23.0 Å². The summed E-state index contributed by atoms with van der Waals surface area (Å²) in [5.41, 5.74) is 0.376. The van der Waals surface area contributed by atoms with E-state index in [0.717, 1.165) is 25.2 Å². The second kappa shape index (κ2) is 7.45. The van der Waals surface area contributed by atoms with Gasteiger partial charge < -0.3 is 10.6 Å². The van der Waals surface area contributed by atoms with Crippen molar-refractivity contribution >= 4 is 18.3 Å². The van der Waals surface area contributed by atoms with Gasteiger partial charge in [0.2, 0.25) is 0 Å². The Morgan fingerprint density at radius 2 is 2.12 bits per heavy atom. The minimum absolute atomic E-state index is 0. The molecule has 1 aromatic heterocycles. The average Bonchev–Trinajstić information content (AvgIpc) is 2.86. The van der Waals surface area contributed by atoms with Crippen molar-refractivity contribution in [2.75, 3.05) is 19.6 Å². The number of nitrogens with zero attached hydrogens (tertiary/aromatic N) is 2. The van der Waals surface area contributed by atoms with Gasteiger partial charge >= 0.3 is 6.18 Å². The quantitative estimate of drug-likeness (QED) is 0.864. The Bertz CT molecular complexity index is 756. The lowest BCUT2D eigenvalue weighted by Crippen LogP contribution is -2.48. The van der Waals surface area contributed by atoms with E-state index in [1.54, 1.807) is 6.92 Å². The summed E-state index contributed by atoms with van der Waals surface area (Å²) in [6.07, 6.45) is -3.04. The van der Waals surface area contributed by atoms with E-state index in [-0.39, 0.29) is 24.0 Å². The third-order valence-corrected chi connectivity index (χ3v) is 4.09. The van der Waals surface area contributed by atoms with Gasteiger partial charge in [-0.1, -0.05) is 6.07 Å². The third-order valence-electron chi connectivity index (χ3n) is 4.09. The smallest absolute Gasteiger partial charge is 0.352 e. The zero-order chi connectivity index (χ0) is 17.3. The van der Waals surface area contributed by atoms with Gasteiger partial charge in [-0.05, 0) is 25.1 Å². The van der Waals surface area contributed by atoms with Gasteiger partial charge in [-0.15, -0.1) is 12.4 Å². The summed E-state index contributed by atoms with van der Waals surface area (Å²) < 4.78 is 39.8. The van der Waals surface area contributed by atoms with Crippen molar-refractivity contribution in [2.45, 2.75) is 13.1 Å². The molecule has 9 heteroatoms. The lowest BCUT2D eigenvalue weighted by Gasteiger charge is -2.27. The lowest BCUT2D eigenvalue weighted by molar-refractivity contribution is -0.137. The van der Waals surface area contributed by atoms with Crippen LogP contribution in [-0.4, -0.2) is 35.3 Å². The SMILES string of the molecule is Cc1c(C(=O)NCC2CNC2)cnn1-c1cccc(C(F)(F)F)c1.Cl. The summed E-state index contributed by atoms with van der Waals surface area (Å²) >= 11 is 0. The first kappa shape index (κ1) is 19.3. The Kier molecular flexibility index (Phi) is 5.74. The van der Waals surface area contributed by atoms with Crippen LogP contribution in [0.2, 0.25) is 0 Å². The van der Waals surface area contributed by atoms with Gasteiger partial charge in [0.1, 0.15) is 0 Å². The van der Waals surface area contributed by atoms with Crippen molar-refractivity contribution in [2.24, 2.45) is 5.92 Å². The van der Waals surface area contributed by atoms with Crippen molar-refractivity contribution in [1.82, 2.24) is 20.4 Å². The van der Waals surface area contributed by atoms with Gasteiger partial charge in [-0.25, -0.2) is 4.68 Å². The van der Waals surface area contributed by atoms with Crippen LogP contribution in [0.4, 0.5) is 13.2 Å². The van der Waals surface area contributed by atoms with Gasteiger partial charge in [0.15, 0.2) is 0 Å². The number of alkyl halides is 3. The van der Waals surface area contributed by atoms with Gasteiger partial charge in [-0.2, -0.15) is 18.3 Å². The third kappa shape index (κ3) is 4.13. The molecule has 0 saturated carbocycles. The molecule has 1 aliphatic heterocycles. The van der Waals surface area contributed by atoms with E-state index < -0.39 is 11.7 Å². The number of hydrogen-bond acceptors (Lipinski definition) is 3. The molecule has 1 fully saturated rings. The first-order valence-corrected chi connectivity index (χ1v) is 7.57. The predicted molar refractivity (Wildman–Crippen MR) is 89.2 cm³/mol. The molecule has 1 saturated heterocycles. The van der Waals surface area contributed by atoms with Crippen LogP contribution < -0.4 is 10.6 Å². The maximum atomic E-state index is 12.8. The number of aromatic nitrogens is 2. The number of halogens is 4. The van der Waals surface area contributed by atoms with Crippen molar-refractivity contribution in [3.8, 4) is 5.69 Å². The second-order valence-corrected chi connectivity index (χ2v) is 5.84. The van der Waals surface area contributed by atoms with Crippen LogP contribution in [0.25, 0.3) is 5.69 Å². The lowest BCUT2D eigenvalue weighted by atomic mass is 10.0. The molecule has 0 atom stereocenters. The molecule has 2 heterocycles. The summed E-state index contributed by atoms with van der Waals surface area (Å²) in [6.45, 7) is 3.98. The Morgan fingerprint density at radius 3 is 2.72 bits per heavy atom. The molecular formula is C16H18ClF3N4O. The topological polar surface area (TPSA) is 59.0 Å². The van der Waals surface area contributed by atoms with Crippen LogP contribution in [0.15, 0.2) is 30.5 Å². The molecule has 5 nitrogen and oxygen atoms in total. The number of rotatable bonds is 4. The number of hydrogen-bond donors (Lipinski definition) is 2. The molecule has 136 valence electrons. The van der Waals surface area contributed by atoms with Gasteiger partial charge in [-0.3, -0.25) is 4.79 Å². The fourth-order valence-electron chi connectivity index (χ4n) is 2.53. The minimum Gasteiger partial charge on any atom is -0.352 e. The first-order valence-electron chi connectivity index (χ1n) is 7.57. The van der Waals surface area contributed by atoms with E-state index in [0.29, 0.717) is 23.7 Å². The zero-order valence-electron chi connectivity index (χ0n) is 13.4. The van der Waals surface area contributed by atoms with Crippen LogP contribution in [0.1, 0.15) is 21.6 Å². The fourth-order valence-corrected chi connectivity index (χ4v) is 2.53. The number of carbonyl (C=O) groups excluding carboxylic acids is 1. The van der Waals surface area contributed by atoms with Gasteiger partial charge in [0.05, 0.1) is 28.7 Å². The molecule has 0 radical (unpaired) electrons. The highest BCUT2D eigenvalue weighted by atomic mass is 35.5. The minimum atomic E-state index is -4.42. The molecule has 0 spiro atoms. The Hall–Kier alpha value is -2.06. The largest absolute Gasteiger partial charge is 0.416 e. The highest BCUT2D eigenvalue weighted by Crippen LogP contribution is 2.30. The van der Waals surface area contributed by atoms with Crippen LogP contribution in [0.5, 0.6) is 0 Å². The highest BCUT2D eigenvalue weighted by molar-refractivity contribution is 5.95. The zero-order valence-corrected chi connectivity index (χ0v) is 14.2. The molecule has 0 unspecified atom stereocenters. The highest BCUT2D eigenvalue weighted by Gasteiger charge is 2.30. The van der Waals surface area contributed by atoms with Crippen molar-refractivity contribution in [3.63, 3.8) is 0 Å². The summed E-state index contributed by atoms with van der Waals surface area (Å²) in [6, 6.07) is 4.86. The molecule has 3 rings (SSSR count). The predicted octanol–water partition coefficient (Wildman–Crippen LogP) is 2.57. The Morgan fingerprint density at radius 1 is 1.40 bits per heavy atom. The van der Waals surface area contributed by atoms with Crippen molar-refractivity contribution in [3.05, 3.63) is 47.3 Å². The standard InChI is InChI=1S/C16H17F3N4O.ClH/c1-10-14(15(24)21-8-11-6-20-7-11)9-22-23(10)13-4-2-3-12(5-13)16(17,18)19;/h2-5,9,11,20H,6-8H2,1H3,(H,21,24);1H. The summed E-state index contributed by atoms with van der Waals surface area (Å²) in [5, 5.41) is 10.0. The molecule has 1 aromatic carbocycles. The fraction of sp³-hybridized carbons (Fsp3) is 0.375. The molecule has 2 aromatic rings. The summed E-state index contributed by atoms with van der Waals surface area (Å²) in [4.78, 5) is 12.2. The Balaban J connectivity index is 0.00000225. The van der Waals surface area contributed by atoms with Crippen molar-refractivity contribution < 1.29 is 18.0 Å². The Labute approximate surface area is 149 Å². The molecule has 1 aliphatic rings. The molecule has 2 N–H and O–H groups in total. The molecule has 25 heavy (non-hydrogen) atoms. The number of benzene rings is 1. The number of nitrogens with one attached hydrogen (secondary N) is 2. The van der Waals surface area contributed by atoms with E-state index in [4.69, 9.17) is 0 Å². The van der Waals surface area contributed by atoms with Crippen LogP contribution in [0, 0.1) is 12.8 Å². The molecule has 0 aliphatic carbocycles. The molecule has 0 bridgehead atoms. The number of carbonyl (C=O) groups is 1. The van der Waals surface area contributed by atoms with E-state index in [1.807, 2.05) is 0 Å². The maximum Gasteiger partial charge on any atom is 0.416 e. The van der Waals surface area contributed by atoms with Gasteiger partial charge in [0, 0.05) is 25.6 Å². The summed E-state index contributed by atoms with van der Waals surface area (Å²) in [5.74, 6) is 0.158. The van der Waals surface area contributed by atoms with E-state index in [9.17, 15) is 18.0 Å². The summed E-state index contributed by atoms with van der Waals surface area (Å²) in [7, 11) is 0. The second-order valence-electron chi connectivity index (χ2n) is 5.84. The van der Waals surface area contributed by atoms with E-state index >= 15 is 0 Å². The molecule has 1 amide bonds. The van der Waals surface area contributed by atoms with Crippen molar-refractivity contribution in [1.29, 1.82) is 0 Å². The van der Waals surface area contributed by atoms with Crippen LogP contribution in [0.3, 0.4) is 0 Å². The van der Waals surface area contributed by atoms with Crippen LogP contribution in [-0.2, 0) is 6.18 Å². The van der Waals surface area contributed by atoms with Crippen LogP contribution >= 0.6 is 12.4 Å². The maximum absolute atomic E-state index is 12.8. The van der Waals surface area contributed by atoms with E-state index in [2.05, 4.69) is 15.7 Å². The van der Waals surface area contributed by atoms with Gasteiger partial charge in [0.25, 0.3) is 5.91 Å². The average molecular weight is 375 g/mol. The monoisotopic (exact) mass is 374 g/mol. The normalized spacial score (nSPS) is 14.6.